The Morgan fingerprint density at radius 3 is 2.82 bits per heavy atom. The molecule has 0 bridgehead atoms. The third-order valence-electron chi connectivity index (χ3n) is 5.58. The molecule has 0 radical (unpaired) electrons. The Hall–Kier alpha value is -2.28. The molecule has 1 aromatic carbocycles. The summed E-state index contributed by atoms with van der Waals surface area (Å²) in [5.74, 6) is 0.614. The third-order valence-corrected chi connectivity index (χ3v) is 5.58. The second-order valence-electron chi connectivity index (χ2n) is 7.64. The number of morpholine rings is 1. The van der Waals surface area contributed by atoms with E-state index < -0.39 is 0 Å². The lowest BCUT2D eigenvalue weighted by Crippen LogP contribution is -2.41. The van der Waals surface area contributed by atoms with Crippen LogP contribution in [-0.2, 0) is 15.9 Å². The molecular weight excluding hydrogens is 354 g/mol. The van der Waals surface area contributed by atoms with Crippen LogP contribution in [0.1, 0.15) is 18.4 Å². The summed E-state index contributed by atoms with van der Waals surface area (Å²) in [7, 11) is 0. The molecule has 0 aliphatic carbocycles. The molecule has 3 aromatic rings. The summed E-state index contributed by atoms with van der Waals surface area (Å²) in [6.45, 7) is 4.75. The molecule has 4 heterocycles. The van der Waals surface area contributed by atoms with Gasteiger partial charge in [-0.1, -0.05) is 6.07 Å². The number of aromatic nitrogens is 2. The standard InChI is InChI=1S/C22H25N3O3/c1-2-17(14-23-7-1)22-24-20-13-16(3-6-21(20)28-22)12-18-4-5-19(27-18)15-25-8-10-26-11-9-25/h1-3,6-7,13-14,18-19H,4-5,8-12,15H2/t18-,19+/m0/s1. The average molecular weight is 379 g/mol. The van der Waals surface area contributed by atoms with Gasteiger partial charge in [-0.15, -0.1) is 0 Å². The highest BCUT2D eigenvalue weighted by Crippen LogP contribution is 2.27. The molecule has 0 unspecified atom stereocenters. The van der Waals surface area contributed by atoms with Crippen LogP contribution < -0.4 is 0 Å². The van der Waals surface area contributed by atoms with Crippen molar-refractivity contribution in [3.05, 3.63) is 48.3 Å². The van der Waals surface area contributed by atoms with Crippen molar-refractivity contribution in [1.29, 1.82) is 0 Å². The summed E-state index contributed by atoms with van der Waals surface area (Å²) < 4.78 is 17.6. The fourth-order valence-electron chi connectivity index (χ4n) is 4.11. The van der Waals surface area contributed by atoms with Crippen LogP contribution in [0, 0.1) is 0 Å². The summed E-state index contributed by atoms with van der Waals surface area (Å²) >= 11 is 0. The normalized spacial score (nSPS) is 23.4. The maximum Gasteiger partial charge on any atom is 0.228 e. The van der Waals surface area contributed by atoms with E-state index in [2.05, 4.69) is 27.0 Å². The van der Waals surface area contributed by atoms with Crippen LogP contribution in [0.25, 0.3) is 22.6 Å². The van der Waals surface area contributed by atoms with E-state index in [-0.39, 0.29) is 6.10 Å². The van der Waals surface area contributed by atoms with E-state index in [1.807, 2.05) is 18.2 Å². The predicted octanol–water partition coefficient (Wildman–Crippen LogP) is 3.31. The Kier molecular flexibility index (Phi) is 5.08. The van der Waals surface area contributed by atoms with Crippen LogP contribution in [0.4, 0.5) is 0 Å². The largest absolute Gasteiger partial charge is 0.436 e. The highest BCUT2D eigenvalue weighted by molar-refractivity contribution is 5.76. The van der Waals surface area contributed by atoms with Crippen LogP contribution in [0.5, 0.6) is 0 Å². The summed E-state index contributed by atoms with van der Waals surface area (Å²) in [5, 5.41) is 0. The van der Waals surface area contributed by atoms with Crippen molar-refractivity contribution in [2.75, 3.05) is 32.8 Å². The zero-order valence-electron chi connectivity index (χ0n) is 15.9. The molecule has 2 aliphatic heterocycles. The minimum atomic E-state index is 0.285. The van der Waals surface area contributed by atoms with Gasteiger partial charge in [0, 0.05) is 32.0 Å². The molecule has 2 aromatic heterocycles. The smallest absolute Gasteiger partial charge is 0.228 e. The quantitative estimate of drug-likeness (QED) is 0.678. The van der Waals surface area contributed by atoms with Crippen molar-refractivity contribution in [3.8, 4) is 11.5 Å². The molecule has 28 heavy (non-hydrogen) atoms. The van der Waals surface area contributed by atoms with Crippen molar-refractivity contribution in [2.45, 2.75) is 31.5 Å². The molecule has 5 rings (SSSR count). The van der Waals surface area contributed by atoms with Gasteiger partial charge in [-0.2, -0.15) is 0 Å². The van der Waals surface area contributed by atoms with Gasteiger partial charge in [0.2, 0.25) is 5.89 Å². The van der Waals surface area contributed by atoms with E-state index in [9.17, 15) is 0 Å². The molecule has 0 amide bonds. The van der Waals surface area contributed by atoms with Gasteiger partial charge in [-0.3, -0.25) is 9.88 Å². The molecule has 146 valence electrons. The second-order valence-corrected chi connectivity index (χ2v) is 7.64. The van der Waals surface area contributed by atoms with Crippen molar-refractivity contribution in [2.24, 2.45) is 0 Å². The minimum absolute atomic E-state index is 0.285. The summed E-state index contributed by atoms with van der Waals surface area (Å²) in [6, 6.07) is 10.1. The van der Waals surface area contributed by atoms with Crippen LogP contribution in [-0.4, -0.2) is 59.9 Å². The molecule has 0 spiro atoms. The lowest BCUT2D eigenvalue weighted by molar-refractivity contribution is -0.0108. The number of fused-ring (bicyclic) bond motifs is 1. The van der Waals surface area contributed by atoms with E-state index in [0.29, 0.717) is 12.0 Å². The van der Waals surface area contributed by atoms with Crippen molar-refractivity contribution in [3.63, 3.8) is 0 Å². The Balaban J connectivity index is 1.23. The van der Waals surface area contributed by atoms with Gasteiger partial charge in [0.15, 0.2) is 5.58 Å². The third kappa shape index (κ3) is 3.94. The molecule has 2 saturated heterocycles. The molecule has 2 fully saturated rings. The lowest BCUT2D eigenvalue weighted by Gasteiger charge is -2.28. The van der Waals surface area contributed by atoms with Crippen LogP contribution in [0.3, 0.4) is 0 Å². The monoisotopic (exact) mass is 379 g/mol. The number of hydrogen-bond donors (Lipinski definition) is 0. The number of benzene rings is 1. The van der Waals surface area contributed by atoms with Gasteiger partial charge in [0.25, 0.3) is 0 Å². The SMILES string of the molecule is c1cncc(-c2nc3cc(C[C@@H]4CC[C@H](CN5CCOCC5)O4)ccc3o2)c1. The van der Waals surface area contributed by atoms with Gasteiger partial charge < -0.3 is 13.9 Å². The molecule has 6 nitrogen and oxygen atoms in total. The fraction of sp³-hybridized carbons (Fsp3) is 0.455. The molecule has 0 N–H and O–H groups in total. The zero-order chi connectivity index (χ0) is 18.8. The molecule has 2 aliphatic rings. The van der Waals surface area contributed by atoms with Gasteiger partial charge in [0.05, 0.1) is 31.0 Å². The van der Waals surface area contributed by atoms with E-state index in [4.69, 9.17) is 13.9 Å². The van der Waals surface area contributed by atoms with E-state index in [0.717, 1.165) is 68.8 Å². The number of nitrogens with zero attached hydrogens (tertiary/aromatic N) is 3. The van der Waals surface area contributed by atoms with Crippen LogP contribution >= 0.6 is 0 Å². The first-order valence-corrected chi connectivity index (χ1v) is 10.1. The summed E-state index contributed by atoms with van der Waals surface area (Å²) in [6.07, 6.45) is 7.32. The van der Waals surface area contributed by atoms with Gasteiger partial charge in [-0.05, 0) is 49.1 Å². The maximum atomic E-state index is 6.32. The van der Waals surface area contributed by atoms with Crippen molar-refractivity contribution >= 4 is 11.1 Å². The van der Waals surface area contributed by atoms with Gasteiger partial charge >= 0.3 is 0 Å². The van der Waals surface area contributed by atoms with Crippen LogP contribution in [0.15, 0.2) is 47.1 Å². The fourth-order valence-corrected chi connectivity index (χ4v) is 4.11. The summed E-state index contributed by atoms with van der Waals surface area (Å²) in [5.41, 5.74) is 3.83. The number of ether oxygens (including phenoxy) is 2. The van der Waals surface area contributed by atoms with Gasteiger partial charge in [0.1, 0.15) is 5.52 Å². The first-order valence-electron chi connectivity index (χ1n) is 10.1. The highest BCUT2D eigenvalue weighted by atomic mass is 16.5. The molecule has 6 heteroatoms. The lowest BCUT2D eigenvalue weighted by atomic mass is 10.0. The molecular formula is C22H25N3O3. The Labute approximate surface area is 164 Å². The maximum absolute atomic E-state index is 6.32. The van der Waals surface area contributed by atoms with Crippen molar-refractivity contribution in [1.82, 2.24) is 14.9 Å². The Bertz CT molecular complexity index is 921. The van der Waals surface area contributed by atoms with Crippen LogP contribution in [0.2, 0.25) is 0 Å². The topological polar surface area (TPSA) is 60.6 Å². The van der Waals surface area contributed by atoms with E-state index in [1.165, 1.54) is 5.56 Å². The first kappa shape index (κ1) is 17.8. The average Bonchev–Trinajstić information content (AvgIpc) is 3.36. The second kappa shape index (κ2) is 7.99. The predicted molar refractivity (Wildman–Crippen MR) is 106 cm³/mol. The van der Waals surface area contributed by atoms with Crippen molar-refractivity contribution < 1.29 is 13.9 Å². The van der Waals surface area contributed by atoms with E-state index >= 15 is 0 Å². The first-order chi connectivity index (χ1) is 13.8. The number of oxazole rings is 1. The number of rotatable bonds is 5. The molecule has 0 saturated carbocycles. The highest BCUT2D eigenvalue weighted by Gasteiger charge is 2.27. The number of pyridine rings is 1. The minimum Gasteiger partial charge on any atom is -0.436 e. The Morgan fingerprint density at radius 2 is 1.96 bits per heavy atom. The summed E-state index contributed by atoms with van der Waals surface area (Å²) in [4.78, 5) is 11.2. The number of hydrogen-bond acceptors (Lipinski definition) is 6. The van der Waals surface area contributed by atoms with E-state index in [1.54, 1.807) is 12.4 Å². The zero-order valence-corrected chi connectivity index (χ0v) is 15.9. The van der Waals surface area contributed by atoms with Gasteiger partial charge in [-0.25, -0.2) is 4.98 Å². The Morgan fingerprint density at radius 1 is 1.07 bits per heavy atom. The molecule has 2 atom stereocenters.